The Morgan fingerprint density at radius 2 is 2.05 bits per heavy atom. The molecule has 3 aromatic heterocycles. The van der Waals surface area contributed by atoms with Gasteiger partial charge in [-0.2, -0.15) is 0 Å². The van der Waals surface area contributed by atoms with Crippen LogP contribution in [0.2, 0.25) is 0 Å². The van der Waals surface area contributed by atoms with E-state index in [1.165, 1.54) is 11.3 Å². The first kappa shape index (κ1) is 12.2. The highest BCUT2D eigenvalue weighted by Gasteiger charge is 2.14. The van der Waals surface area contributed by atoms with Crippen LogP contribution in [-0.2, 0) is 6.54 Å². The van der Waals surface area contributed by atoms with Gasteiger partial charge in [0, 0.05) is 16.5 Å². The Hall–Kier alpha value is -1.88. The number of rotatable bonds is 2. The quantitative estimate of drug-likeness (QED) is 0.780. The molecule has 3 aromatic rings. The summed E-state index contributed by atoms with van der Waals surface area (Å²) in [5.74, 6) is 0. The van der Waals surface area contributed by atoms with E-state index in [9.17, 15) is 0 Å². The van der Waals surface area contributed by atoms with Gasteiger partial charge in [-0.1, -0.05) is 0 Å². The molecule has 3 heterocycles. The van der Waals surface area contributed by atoms with Crippen molar-refractivity contribution in [3.8, 4) is 0 Å². The van der Waals surface area contributed by atoms with Gasteiger partial charge >= 0.3 is 0 Å². The van der Waals surface area contributed by atoms with E-state index < -0.39 is 0 Å². The summed E-state index contributed by atoms with van der Waals surface area (Å²) < 4.78 is 2.24. The highest BCUT2D eigenvalue weighted by molar-refractivity contribution is 7.09. The van der Waals surface area contributed by atoms with Crippen LogP contribution in [0.15, 0.2) is 17.8 Å². The van der Waals surface area contributed by atoms with Crippen LogP contribution < -0.4 is 5.73 Å². The normalized spacial score (nSPS) is 11.3. The van der Waals surface area contributed by atoms with E-state index >= 15 is 0 Å². The molecule has 0 aliphatic carbocycles. The maximum Gasteiger partial charge on any atom is 0.0898 e. The number of aryl methyl sites for hydroxylation is 2. The van der Waals surface area contributed by atoms with Crippen molar-refractivity contribution in [1.29, 1.82) is 0 Å². The highest BCUT2D eigenvalue weighted by atomic mass is 32.1. The average molecular weight is 272 g/mol. The Kier molecular flexibility index (Phi) is 2.78. The summed E-state index contributed by atoms with van der Waals surface area (Å²) in [5.41, 5.74) is 11.4. The van der Waals surface area contributed by atoms with Crippen molar-refractivity contribution in [3.63, 3.8) is 0 Å². The van der Waals surface area contributed by atoms with Crippen LogP contribution in [0.4, 0.5) is 5.69 Å². The lowest BCUT2D eigenvalue weighted by Crippen LogP contribution is -2.02. The molecule has 0 atom stereocenters. The molecule has 0 fully saturated rings. The first-order valence-electron chi connectivity index (χ1n) is 6.18. The second kappa shape index (κ2) is 4.35. The number of hydrogen-bond acceptors (Lipinski definition) is 4. The number of fused-ring (bicyclic) bond motifs is 1. The summed E-state index contributed by atoms with van der Waals surface area (Å²) >= 11 is 1.68. The Balaban J connectivity index is 2.18. The second-order valence-electron chi connectivity index (χ2n) is 4.78. The van der Waals surface area contributed by atoms with Gasteiger partial charge in [0.05, 0.1) is 40.8 Å². The summed E-state index contributed by atoms with van der Waals surface area (Å²) in [6.07, 6.45) is 3.59. The van der Waals surface area contributed by atoms with Crippen molar-refractivity contribution in [1.82, 2.24) is 14.5 Å². The summed E-state index contributed by atoms with van der Waals surface area (Å²) in [6, 6.07) is 0. The third-order valence-corrected chi connectivity index (χ3v) is 4.38. The predicted octanol–water partition coefficient (Wildman–Crippen LogP) is 3.05. The monoisotopic (exact) mass is 272 g/mol. The first-order valence-corrected chi connectivity index (χ1v) is 7.05. The van der Waals surface area contributed by atoms with Crippen LogP contribution in [0.1, 0.15) is 22.0 Å². The molecule has 19 heavy (non-hydrogen) atoms. The molecule has 98 valence electrons. The van der Waals surface area contributed by atoms with Crippen molar-refractivity contribution in [3.05, 3.63) is 39.7 Å². The van der Waals surface area contributed by atoms with E-state index in [2.05, 4.69) is 33.8 Å². The summed E-state index contributed by atoms with van der Waals surface area (Å²) in [5, 5.41) is 4.31. The van der Waals surface area contributed by atoms with E-state index in [0.717, 1.165) is 33.8 Å². The minimum Gasteiger partial charge on any atom is -0.397 e. The first-order chi connectivity index (χ1) is 9.08. The predicted molar refractivity (Wildman–Crippen MR) is 79.6 cm³/mol. The van der Waals surface area contributed by atoms with Gasteiger partial charge in [-0.3, -0.25) is 4.98 Å². The topological polar surface area (TPSA) is 56.7 Å². The number of nitrogens with zero attached hydrogens (tertiary/aromatic N) is 3. The number of nitrogens with two attached hydrogens (primary N) is 1. The second-order valence-corrected chi connectivity index (χ2v) is 5.84. The Morgan fingerprint density at radius 3 is 2.74 bits per heavy atom. The van der Waals surface area contributed by atoms with Gasteiger partial charge in [0.25, 0.3) is 0 Å². The van der Waals surface area contributed by atoms with Crippen LogP contribution in [-0.4, -0.2) is 14.5 Å². The number of aromatic nitrogens is 3. The van der Waals surface area contributed by atoms with E-state index in [1.54, 1.807) is 17.5 Å². The molecule has 0 radical (unpaired) electrons. The molecule has 0 aliphatic rings. The standard InChI is InChI=1S/C14H16N4S/c1-8-9(2)18(6-11-7-19-10(3)17-11)13-5-16-4-12(15)14(8)13/h4-5,7H,6,15H2,1-3H3. The van der Waals surface area contributed by atoms with Crippen molar-refractivity contribution < 1.29 is 0 Å². The Bertz CT molecular complexity index is 754. The molecule has 0 amide bonds. The lowest BCUT2D eigenvalue weighted by molar-refractivity contribution is 0.779. The largest absolute Gasteiger partial charge is 0.397 e. The number of anilines is 1. The Morgan fingerprint density at radius 1 is 1.26 bits per heavy atom. The van der Waals surface area contributed by atoms with Crippen molar-refractivity contribution in [2.45, 2.75) is 27.3 Å². The molecule has 0 saturated heterocycles. The van der Waals surface area contributed by atoms with Crippen LogP contribution in [0.3, 0.4) is 0 Å². The molecule has 0 bridgehead atoms. The third kappa shape index (κ3) is 1.90. The molecule has 5 heteroatoms. The van der Waals surface area contributed by atoms with Crippen LogP contribution in [0.5, 0.6) is 0 Å². The number of hydrogen-bond donors (Lipinski definition) is 1. The van der Waals surface area contributed by atoms with Gasteiger partial charge in [-0.25, -0.2) is 4.98 Å². The lowest BCUT2D eigenvalue weighted by Gasteiger charge is -2.06. The van der Waals surface area contributed by atoms with Crippen LogP contribution >= 0.6 is 11.3 Å². The SMILES string of the molecule is Cc1nc(Cn2c(C)c(C)c3c(N)cncc32)cs1. The van der Waals surface area contributed by atoms with E-state index in [0.29, 0.717) is 0 Å². The lowest BCUT2D eigenvalue weighted by atomic mass is 10.2. The fourth-order valence-electron chi connectivity index (χ4n) is 2.49. The zero-order chi connectivity index (χ0) is 13.6. The fraction of sp³-hybridized carbons (Fsp3) is 0.286. The highest BCUT2D eigenvalue weighted by Crippen LogP contribution is 2.29. The molecule has 0 spiro atoms. The van der Waals surface area contributed by atoms with Crippen molar-refractivity contribution in [2.75, 3.05) is 5.73 Å². The molecule has 3 rings (SSSR count). The summed E-state index contributed by atoms with van der Waals surface area (Å²) in [7, 11) is 0. The van der Waals surface area contributed by atoms with Gasteiger partial charge in [-0.05, 0) is 26.3 Å². The molecule has 4 nitrogen and oxygen atoms in total. The number of pyridine rings is 1. The number of thiazole rings is 1. The minimum absolute atomic E-state index is 0.742. The van der Waals surface area contributed by atoms with E-state index in [-0.39, 0.29) is 0 Å². The fourth-order valence-corrected chi connectivity index (χ4v) is 3.09. The smallest absolute Gasteiger partial charge is 0.0898 e. The zero-order valence-electron chi connectivity index (χ0n) is 11.3. The van der Waals surface area contributed by atoms with Gasteiger partial charge in [0.15, 0.2) is 0 Å². The molecule has 2 N–H and O–H groups in total. The van der Waals surface area contributed by atoms with Crippen LogP contribution in [0.25, 0.3) is 10.9 Å². The van der Waals surface area contributed by atoms with E-state index in [4.69, 9.17) is 5.73 Å². The molecule has 0 saturated carbocycles. The molecule has 0 unspecified atom stereocenters. The van der Waals surface area contributed by atoms with Crippen LogP contribution in [0, 0.1) is 20.8 Å². The Labute approximate surface area is 115 Å². The molecular formula is C14H16N4S. The third-order valence-electron chi connectivity index (χ3n) is 3.56. The number of nitrogen functional groups attached to an aromatic ring is 1. The van der Waals surface area contributed by atoms with Gasteiger partial charge in [0.2, 0.25) is 0 Å². The molecule has 0 aromatic carbocycles. The minimum atomic E-state index is 0.742. The van der Waals surface area contributed by atoms with Gasteiger partial charge < -0.3 is 10.3 Å². The molecular weight excluding hydrogens is 256 g/mol. The molecule has 0 aliphatic heterocycles. The maximum absolute atomic E-state index is 6.05. The van der Waals surface area contributed by atoms with Crippen molar-refractivity contribution in [2.24, 2.45) is 0 Å². The zero-order valence-corrected chi connectivity index (χ0v) is 12.1. The van der Waals surface area contributed by atoms with Crippen molar-refractivity contribution >= 4 is 27.9 Å². The summed E-state index contributed by atoms with van der Waals surface area (Å²) in [4.78, 5) is 8.74. The maximum atomic E-state index is 6.05. The average Bonchev–Trinajstić information content (AvgIpc) is 2.88. The summed E-state index contributed by atoms with van der Waals surface area (Å²) in [6.45, 7) is 7.02. The van der Waals surface area contributed by atoms with Gasteiger partial charge in [0.1, 0.15) is 0 Å². The van der Waals surface area contributed by atoms with E-state index in [1.807, 2.05) is 13.1 Å². The van der Waals surface area contributed by atoms with Gasteiger partial charge in [-0.15, -0.1) is 11.3 Å².